The first-order valence-electron chi connectivity index (χ1n) is 12.4. The summed E-state index contributed by atoms with van der Waals surface area (Å²) >= 11 is 6.06. The minimum absolute atomic E-state index is 0.0854. The quantitative estimate of drug-likeness (QED) is 0.336. The average molecular weight is 580 g/mol. The number of ketones is 1. The molecule has 212 valence electrons. The molecule has 0 unspecified atom stereocenters. The first-order valence-corrected chi connectivity index (χ1v) is 12.8. The van der Waals surface area contributed by atoms with E-state index in [1.807, 2.05) is 0 Å². The van der Waals surface area contributed by atoms with Crippen molar-refractivity contribution in [2.24, 2.45) is 5.92 Å². The summed E-state index contributed by atoms with van der Waals surface area (Å²) in [7, 11) is 0. The molecule has 40 heavy (non-hydrogen) atoms. The summed E-state index contributed by atoms with van der Waals surface area (Å²) in [6.45, 7) is 1.79. The van der Waals surface area contributed by atoms with E-state index < -0.39 is 52.8 Å². The fourth-order valence-corrected chi connectivity index (χ4v) is 4.45. The number of hydrogen-bond acceptors (Lipinski definition) is 6. The summed E-state index contributed by atoms with van der Waals surface area (Å²) in [5.41, 5.74) is -1.89. The van der Waals surface area contributed by atoms with Gasteiger partial charge in [-0.15, -0.1) is 0 Å². The molecule has 0 radical (unpaired) electrons. The van der Waals surface area contributed by atoms with Crippen molar-refractivity contribution in [3.05, 3.63) is 58.4 Å². The van der Waals surface area contributed by atoms with Gasteiger partial charge in [-0.05, 0) is 56.9 Å². The summed E-state index contributed by atoms with van der Waals surface area (Å²) in [4.78, 5) is 67.4. The number of anilines is 1. The molecule has 4 amide bonds. The molecule has 14 heteroatoms. The van der Waals surface area contributed by atoms with Crippen LogP contribution in [0.15, 0.2) is 36.7 Å². The highest BCUT2D eigenvalue weighted by atomic mass is 35.5. The van der Waals surface area contributed by atoms with Crippen molar-refractivity contribution in [1.29, 1.82) is 0 Å². The smallest absolute Gasteiger partial charge is 0.353 e. The maximum atomic E-state index is 13.3. The number of rotatable bonds is 9. The predicted molar refractivity (Wildman–Crippen MR) is 136 cm³/mol. The fourth-order valence-electron chi connectivity index (χ4n) is 4.28. The van der Waals surface area contributed by atoms with Crippen LogP contribution in [0.2, 0.25) is 5.02 Å². The lowest BCUT2D eigenvalue weighted by molar-refractivity contribution is -0.139. The molecule has 1 saturated heterocycles. The van der Waals surface area contributed by atoms with Gasteiger partial charge < -0.3 is 21.3 Å². The summed E-state index contributed by atoms with van der Waals surface area (Å²) in [6.07, 6.45) is -1.52. The van der Waals surface area contributed by atoms with E-state index in [2.05, 4.69) is 26.3 Å². The molecule has 1 aromatic carbocycles. The molecule has 2 fully saturated rings. The van der Waals surface area contributed by atoms with E-state index in [0.29, 0.717) is 18.7 Å². The van der Waals surface area contributed by atoms with Crippen LogP contribution in [0.5, 0.6) is 0 Å². The fraction of sp³-hybridized carbons (Fsp3) is 0.385. The van der Waals surface area contributed by atoms with E-state index >= 15 is 0 Å². The molecular weight excluding hydrogens is 555 g/mol. The van der Waals surface area contributed by atoms with Gasteiger partial charge in [0, 0.05) is 35.4 Å². The first kappa shape index (κ1) is 29.0. The van der Waals surface area contributed by atoms with E-state index in [-0.39, 0.29) is 40.7 Å². The maximum absolute atomic E-state index is 13.3. The van der Waals surface area contributed by atoms with Gasteiger partial charge in [0.05, 0.1) is 28.4 Å². The molecule has 0 spiro atoms. The Morgan fingerprint density at radius 1 is 1.12 bits per heavy atom. The average Bonchev–Trinajstić information content (AvgIpc) is 3.65. The van der Waals surface area contributed by atoms with Crippen LogP contribution < -0.4 is 21.3 Å². The van der Waals surface area contributed by atoms with Gasteiger partial charge in [-0.2, -0.15) is 13.2 Å². The Balaban J connectivity index is 1.56. The third-order valence-electron chi connectivity index (χ3n) is 6.48. The lowest BCUT2D eigenvalue weighted by Crippen LogP contribution is -2.49. The Morgan fingerprint density at radius 3 is 2.48 bits per heavy atom. The van der Waals surface area contributed by atoms with Crippen molar-refractivity contribution >= 4 is 46.7 Å². The Morgan fingerprint density at radius 2 is 1.85 bits per heavy atom. The van der Waals surface area contributed by atoms with Gasteiger partial charge >= 0.3 is 6.18 Å². The lowest BCUT2D eigenvalue weighted by atomic mass is 9.93. The van der Waals surface area contributed by atoms with Gasteiger partial charge in [0.15, 0.2) is 0 Å². The van der Waals surface area contributed by atoms with Crippen molar-refractivity contribution in [3.8, 4) is 0 Å². The van der Waals surface area contributed by atoms with Crippen LogP contribution >= 0.6 is 11.6 Å². The number of Topliss-reactive ketones (excluding diaryl/α,β-unsaturated/α-hetero) is 1. The van der Waals surface area contributed by atoms with Crippen LogP contribution in [0, 0.1) is 5.92 Å². The van der Waals surface area contributed by atoms with E-state index in [4.69, 9.17) is 11.6 Å². The van der Waals surface area contributed by atoms with Crippen molar-refractivity contribution < 1.29 is 37.1 Å². The second-order valence-corrected chi connectivity index (χ2v) is 10.3. The third kappa shape index (κ3) is 7.14. The van der Waals surface area contributed by atoms with Crippen LogP contribution in [0.25, 0.3) is 0 Å². The number of carbonyl (C=O) groups excluding carboxylic acids is 5. The van der Waals surface area contributed by atoms with Crippen LogP contribution in [-0.2, 0) is 20.6 Å². The number of amides is 4. The second-order valence-electron chi connectivity index (χ2n) is 9.82. The lowest BCUT2D eigenvalue weighted by Gasteiger charge is -2.21. The van der Waals surface area contributed by atoms with Gasteiger partial charge in [0.1, 0.15) is 0 Å². The summed E-state index contributed by atoms with van der Waals surface area (Å²) in [5.74, 6) is -4.66. The zero-order valence-corrected chi connectivity index (χ0v) is 21.9. The van der Waals surface area contributed by atoms with Crippen molar-refractivity contribution in [2.75, 3.05) is 5.32 Å². The molecule has 4 N–H and O–H groups in total. The molecule has 4 rings (SSSR count). The summed E-state index contributed by atoms with van der Waals surface area (Å²) in [6, 6.07) is 2.76. The zero-order valence-electron chi connectivity index (χ0n) is 21.1. The van der Waals surface area contributed by atoms with Gasteiger partial charge in [0.2, 0.25) is 11.7 Å². The number of carbonyl (C=O) groups is 5. The molecule has 10 nitrogen and oxygen atoms in total. The predicted octanol–water partition coefficient (Wildman–Crippen LogP) is 2.87. The van der Waals surface area contributed by atoms with Gasteiger partial charge in [-0.3, -0.25) is 29.0 Å². The third-order valence-corrected chi connectivity index (χ3v) is 6.71. The monoisotopic (exact) mass is 579 g/mol. The van der Waals surface area contributed by atoms with Crippen molar-refractivity contribution in [3.63, 3.8) is 0 Å². The number of benzene rings is 1. The van der Waals surface area contributed by atoms with E-state index in [0.717, 1.165) is 19.0 Å². The molecule has 3 atom stereocenters. The number of halogens is 4. The number of alkyl halides is 3. The topological polar surface area (TPSA) is 146 Å². The minimum Gasteiger partial charge on any atom is -0.353 e. The molecule has 2 aromatic rings. The number of nitrogens with one attached hydrogen (secondary N) is 4. The van der Waals surface area contributed by atoms with E-state index in [9.17, 15) is 37.1 Å². The second kappa shape index (κ2) is 11.6. The van der Waals surface area contributed by atoms with Gasteiger partial charge in [-0.25, -0.2) is 0 Å². The summed E-state index contributed by atoms with van der Waals surface area (Å²) < 4.78 is 39.2. The highest BCUT2D eigenvalue weighted by Crippen LogP contribution is 2.29. The largest absolute Gasteiger partial charge is 0.417 e. The van der Waals surface area contributed by atoms with E-state index in [1.165, 1.54) is 18.2 Å². The number of hydrogen-bond donors (Lipinski definition) is 4. The highest BCUT2D eigenvalue weighted by Gasteiger charge is 2.38. The van der Waals surface area contributed by atoms with Gasteiger partial charge in [-0.1, -0.05) is 11.6 Å². The first-order chi connectivity index (χ1) is 18.8. The highest BCUT2D eigenvalue weighted by molar-refractivity contribution is 6.38. The molecule has 1 aliphatic carbocycles. The van der Waals surface area contributed by atoms with E-state index in [1.54, 1.807) is 6.92 Å². The van der Waals surface area contributed by atoms with Crippen LogP contribution in [0.3, 0.4) is 0 Å². The Bertz CT molecular complexity index is 1360. The van der Waals surface area contributed by atoms with Crippen LogP contribution in [0.4, 0.5) is 18.9 Å². The Hall–Kier alpha value is -4.00. The Labute approximate surface area is 231 Å². The molecule has 2 aliphatic rings. The number of pyridine rings is 1. The normalized spacial score (nSPS) is 19.4. The molecule has 1 aliphatic heterocycles. The van der Waals surface area contributed by atoms with Crippen molar-refractivity contribution in [2.45, 2.75) is 56.9 Å². The zero-order chi connectivity index (χ0) is 29.2. The molecule has 0 bridgehead atoms. The summed E-state index contributed by atoms with van der Waals surface area (Å²) in [5, 5.41) is 10.2. The SMILES string of the molecule is C[C@@H]1C[C@@H](C[C@H](NC(=O)c2cc(Cl)ccc2NC(=O)c2cncc(C(F)(F)F)c2)C(=O)C(=O)NC2CC2)C(=O)N1. The molecule has 1 saturated carbocycles. The standard InChI is InChI=1S/C26H25ClF3N5O5/c1-12-6-13(22(37)32-12)8-20(21(36)25(40)33-17-3-4-17)35-24(39)18-9-16(27)2-5-19(18)34-23(38)14-7-15(11-31-10-14)26(28,29)30/h2,5,7,9-13,17,20H,3-4,6,8H2,1H3,(H,32,37)(H,33,40)(H,34,38)(H,35,39)/t12-,13+,20+/m1/s1. The number of aromatic nitrogens is 1. The minimum atomic E-state index is -4.73. The molecule has 1 aromatic heterocycles. The van der Waals surface area contributed by atoms with Gasteiger partial charge in [0.25, 0.3) is 17.7 Å². The molecular formula is C26H25ClF3N5O5. The van der Waals surface area contributed by atoms with Crippen molar-refractivity contribution in [1.82, 2.24) is 20.9 Å². The van der Waals surface area contributed by atoms with Crippen LogP contribution in [0.1, 0.15) is 58.9 Å². The Kier molecular flexibility index (Phi) is 8.43. The maximum Gasteiger partial charge on any atom is 0.417 e. The number of nitrogens with zero attached hydrogens (tertiary/aromatic N) is 1. The molecule has 2 heterocycles. The van der Waals surface area contributed by atoms with Crippen LogP contribution in [-0.4, -0.2) is 52.5 Å².